The van der Waals surface area contributed by atoms with Gasteiger partial charge < -0.3 is 9.73 Å². The maximum atomic E-state index is 12.5. The summed E-state index contributed by atoms with van der Waals surface area (Å²) in [6, 6.07) is 3.36. The Hall–Kier alpha value is -2.19. The molecular formula is C19H21N3O3S2. The van der Waals surface area contributed by atoms with Gasteiger partial charge in [-0.05, 0) is 31.5 Å². The number of furan rings is 1. The van der Waals surface area contributed by atoms with Gasteiger partial charge in [0, 0.05) is 16.2 Å². The molecule has 1 amide bonds. The minimum Gasteiger partial charge on any atom is -0.456 e. The van der Waals surface area contributed by atoms with Crippen LogP contribution in [0.25, 0.3) is 10.2 Å². The number of rotatable bonds is 7. The lowest BCUT2D eigenvalue weighted by Crippen LogP contribution is -2.26. The first-order chi connectivity index (χ1) is 12.9. The van der Waals surface area contributed by atoms with E-state index in [1.54, 1.807) is 23.5 Å². The van der Waals surface area contributed by atoms with Gasteiger partial charge in [-0.3, -0.25) is 9.59 Å². The third-order valence-electron chi connectivity index (χ3n) is 4.17. The molecule has 8 heteroatoms. The van der Waals surface area contributed by atoms with Crippen molar-refractivity contribution in [1.82, 2.24) is 15.3 Å². The van der Waals surface area contributed by atoms with Crippen molar-refractivity contribution in [3.63, 3.8) is 0 Å². The maximum absolute atomic E-state index is 12.5. The molecule has 0 aromatic carbocycles. The van der Waals surface area contributed by atoms with Gasteiger partial charge in [0.05, 0.1) is 12.3 Å². The van der Waals surface area contributed by atoms with Crippen molar-refractivity contribution >= 4 is 45.0 Å². The smallest absolute Gasteiger partial charge is 0.222 e. The molecule has 6 nitrogen and oxygen atoms in total. The van der Waals surface area contributed by atoms with Gasteiger partial charge in [0.1, 0.15) is 21.9 Å². The summed E-state index contributed by atoms with van der Waals surface area (Å²) in [5, 5.41) is 4.61. The number of aromatic nitrogens is 2. The predicted molar refractivity (Wildman–Crippen MR) is 107 cm³/mol. The van der Waals surface area contributed by atoms with Crippen LogP contribution in [0.15, 0.2) is 27.9 Å². The Balaban J connectivity index is 1.64. The van der Waals surface area contributed by atoms with Gasteiger partial charge in [-0.15, -0.1) is 11.3 Å². The number of amides is 1. The Morgan fingerprint density at radius 2 is 2.04 bits per heavy atom. The molecule has 0 aliphatic carbocycles. The fraction of sp³-hybridized carbons (Fsp3) is 0.368. The summed E-state index contributed by atoms with van der Waals surface area (Å²) in [7, 11) is 0. The highest BCUT2D eigenvalue weighted by Gasteiger charge is 2.16. The normalized spacial score (nSPS) is 11.3. The number of ketones is 1. The quantitative estimate of drug-likeness (QED) is 0.362. The Morgan fingerprint density at radius 1 is 1.26 bits per heavy atom. The number of hydrogen-bond donors (Lipinski definition) is 1. The van der Waals surface area contributed by atoms with Crippen LogP contribution in [0.5, 0.6) is 0 Å². The third kappa shape index (κ3) is 4.39. The van der Waals surface area contributed by atoms with Crippen molar-refractivity contribution in [2.75, 3.05) is 5.75 Å². The lowest BCUT2D eigenvalue weighted by Gasteiger charge is -2.05. The highest BCUT2D eigenvalue weighted by atomic mass is 32.2. The summed E-state index contributed by atoms with van der Waals surface area (Å²) < 4.78 is 5.57. The molecule has 142 valence electrons. The van der Waals surface area contributed by atoms with E-state index in [9.17, 15) is 9.59 Å². The Morgan fingerprint density at radius 3 is 2.78 bits per heavy atom. The zero-order valence-corrected chi connectivity index (χ0v) is 17.3. The summed E-state index contributed by atoms with van der Waals surface area (Å²) in [6.45, 7) is 8.03. The monoisotopic (exact) mass is 403 g/mol. The molecule has 0 bridgehead atoms. The molecule has 3 heterocycles. The molecule has 0 spiro atoms. The molecule has 0 radical (unpaired) electrons. The Kier molecular flexibility index (Phi) is 5.96. The molecular weight excluding hydrogens is 382 g/mol. The number of fused-ring (bicyclic) bond motifs is 1. The van der Waals surface area contributed by atoms with Crippen molar-refractivity contribution in [2.45, 2.75) is 39.3 Å². The number of thioether (sulfide) groups is 1. The summed E-state index contributed by atoms with van der Waals surface area (Å²) in [5.41, 5.74) is 1.16. The minimum absolute atomic E-state index is 0.0518. The highest BCUT2D eigenvalue weighted by molar-refractivity contribution is 8.00. The van der Waals surface area contributed by atoms with Crippen molar-refractivity contribution < 1.29 is 14.0 Å². The van der Waals surface area contributed by atoms with Crippen LogP contribution in [0.3, 0.4) is 0 Å². The van der Waals surface area contributed by atoms with Crippen LogP contribution in [-0.2, 0) is 11.3 Å². The van der Waals surface area contributed by atoms with Gasteiger partial charge in [-0.2, -0.15) is 0 Å². The number of aryl methyl sites for hydroxylation is 2. The lowest BCUT2D eigenvalue weighted by molar-refractivity contribution is -0.124. The summed E-state index contributed by atoms with van der Waals surface area (Å²) in [5.74, 6) is 0.824. The van der Waals surface area contributed by atoms with Gasteiger partial charge in [-0.1, -0.05) is 25.6 Å². The topological polar surface area (TPSA) is 85.1 Å². The first-order valence-corrected chi connectivity index (χ1v) is 10.4. The van der Waals surface area contributed by atoms with Gasteiger partial charge in [-0.25, -0.2) is 9.97 Å². The van der Waals surface area contributed by atoms with Crippen molar-refractivity contribution in [2.24, 2.45) is 5.92 Å². The van der Waals surface area contributed by atoms with Crippen molar-refractivity contribution in [3.8, 4) is 0 Å². The van der Waals surface area contributed by atoms with E-state index in [0.29, 0.717) is 11.5 Å². The number of hydrogen-bond acceptors (Lipinski definition) is 7. The SMILES string of the molecule is Cc1sc2ncnc(SCC(=O)c3ccc(CNC(=O)C(C)C)o3)c2c1C. The number of carbonyl (C=O) groups is 2. The average molecular weight is 404 g/mol. The molecule has 3 rings (SSSR count). The molecule has 0 aliphatic rings. The molecule has 3 aromatic heterocycles. The van der Waals surface area contributed by atoms with Crippen LogP contribution in [0.1, 0.15) is 40.6 Å². The van der Waals surface area contributed by atoms with Crippen LogP contribution >= 0.6 is 23.1 Å². The van der Waals surface area contributed by atoms with E-state index >= 15 is 0 Å². The molecule has 1 N–H and O–H groups in total. The number of thiophene rings is 1. The molecule has 0 fully saturated rings. The van der Waals surface area contributed by atoms with E-state index in [1.807, 2.05) is 20.8 Å². The molecule has 0 aliphatic heterocycles. The second-order valence-corrected chi connectivity index (χ2v) is 8.66. The second-order valence-electron chi connectivity index (χ2n) is 6.49. The molecule has 0 saturated heterocycles. The van der Waals surface area contributed by atoms with E-state index in [2.05, 4.69) is 22.2 Å². The molecule has 0 unspecified atom stereocenters. The van der Waals surface area contributed by atoms with E-state index in [-0.39, 0.29) is 29.9 Å². The number of Topliss-reactive ketones (excluding diaryl/α,β-unsaturated/α-hetero) is 1. The van der Waals surface area contributed by atoms with E-state index in [4.69, 9.17) is 4.42 Å². The van der Waals surface area contributed by atoms with Crippen LogP contribution in [-0.4, -0.2) is 27.4 Å². The minimum atomic E-state index is -0.113. The number of nitrogens with one attached hydrogen (secondary N) is 1. The average Bonchev–Trinajstić information content (AvgIpc) is 3.23. The molecule has 27 heavy (non-hydrogen) atoms. The van der Waals surface area contributed by atoms with Crippen LogP contribution in [0, 0.1) is 19.8 Å². The van der Waals surface area contributed by atoms with E-state index in [0.717, 1.165) is 20.8 Å². The van der Waals surface area contributed by atoms with E-state index in [1.165, 1.54) is 23.0 Å². The van der Waals surface area contributed by atoms with E-state index < -0.39 is 0 Å². The predicted octanol–water partition coefficient (Wildman–Crippen LogP) is 4.15. The first-order valence-electron chi connectivity index (χ1n) is 8.60. The van der Waals surface area contributed by atoms with Gasteiger partial charge >= 0.3 is 0 Å². The maximum Gasteiger partial charge on any atom is 0.222 e. The number of nitrogens with zero attached hydrogens (tertiary/aromatic N) is 2. The standard InChI is InChI=1S/C19H21N3O3S2/c1-10(2)17(24)20-7-13-5-6-15(25-13)14(23)8-26-18-16-11(3)12(4)27-19(16)22-9-21-18/h5-6,9-10H,7-8H2,1-4H3,(H,20,24). The molecule has 3 aromatic rings. The van der Waals surface area contributed by atoms with Crippen LogP contribution in [0.4, 0.5) is 0 Å². The Labute approximate surface area is 165 Å². The number of carbonyl (C=O) groups excluding carboxylic acids is 2. The zero-order chi connectivity index (χ0) is 19.6. The third-order valence-corrected chi connectivity index (χ3v) is 6.27. The molecule has 0 atom stereocenters. The molecule has 0 saturated carbocycles. The highest BCUT2D eigenvalue weighted by Crippen LogP contribution is 2.34. The van der Waals surface area contributed by atoms with Gasteiger partial charge in [0.25, 0.3) is 0 Å². The summed E-state index contributed by atoms with van der Waals surface area (Å²) in [6.07, 6.45) is 1.53. The van der Waals surface area contributed by atoms with Gasteiger partial charge in [0.15, 0.2) is 5.76 Å². The zero-order valence-electron chi connectivity index (χ0n) is 15.7. The fourth-order valence-corrected chi connectivity index (χ4v) is 4.45. The Bertz CT molecular complexity index is 991. The van der Waals surface area contributed by atoms with Crippen LogP contribution < -0.4 is 5.32 Å². The fourth-order valence-electron chi connectivity index (χ4n) is 2.47. The summed E-state index contributed by atoms with van der Waals surface area (Å²) >= 11 is 3.02. The lowest BCUT2D eigenvalue weighted by atomic mass is 10.2. The van der Waals surface area contributed by atoms with Crippen molar-refractivity contribution in [3.05, 3.63) is 40.4 Å². The largest absolute Gasteiger partial charge is 0.456 e. The second kappa shape index (κ2) is 8.22. The van der Waals surface area contributed by atoms with Crippen LogP contribution in [0.2, 0.25) is 0 Å². The van der Waals surface area contributed by atoms with Gasteiger partial charge in [0.2, 0.25) is 11.7 Å². The first kappa shape index (κ1) is 19.6. The summed E-state index contributed by atoms with van der Waals surface area (Å²) in [4.78, 5) is 34.9. The van der Waals surface area contributed by atoms with Crippen molar-refractivity contribution in [1.29, 1.82) is 0 Å².